The molecule has 0 aliphatic carbocycles. The van der Waals surface area contributed by atoms with Crippen LogP contribution < -0.4 is 14.2 Å². The number of pyridine rings is 1. The predicted octanol–water partition coefficient (Wildman–Crippen LogP) is 9.75. The number of aldehydes is 1. The van der Waals surface area contributed by atoms with Crippen LogP contribution in [0.15, 0.2) is 71.9 Å². The molecule has 4 rings (SSSR count). The number of benzene rings is 3. The standard InChI is InChI=1S/C32H31Cl2NO4S.C2H6/c1-21-24(7-4-8-27(21)28-9-5-10-30(22(28)2)37-12-6-11-33)20-39-32-15-31(25(18-36)14-29(32)34)38-19-23-13-26(40-3)17-35-16-23;1-2/h4-5,7-10,13-18H,6,11-12,19-20H2,1-3H3;1-2H3. The second kappa shape index (κ2) is 17.1. The van der Waals surface area contributed by atoms with Crippen molar-refractivity contribution in [3.8, 4) is 28.4 Å². The van der Waals surface area contributed by atoms with Crippen LogP contribution in [0.25, 0.3) is 11.1 Å². The van der Waals surface area contributed by atoms with E-state index in [1.807, 2.05) is 50.4 Å². The van der Waals surface area contributed by atoms with Gasteiger partial charge in [0.15, 0.2) is 6.29 Å². The van der Waals surface area contributed by atoms with Gasteiger partial charge in [0.2, 0.25) is 0 Å². The summed E-state index contributed by atoms with van der Waals surface area (Å²) < 4.78 is 18.1. The SMILES string of the molecule is CC.CSc1cncc(COc2cc(OCc3cccc(-c4cccc(OCCCCl)c4C)c3C)c(Cl)cc2C=O)c1. The summed E-state index contributed by atoms with van der Waals surface area (Å²) in [6.07, 6.45) is 7.05. The van der Waals surface area contributed by atoms with Gasteiger partial charge in [-0.05, 0) is 72.5 Å². The van der Waals surface area contributed by atoms with Crippen molar-refractivity contribution in [2.45, 2.75) is 52.2 Å². The second-order valence-electron chi connectivity index (χ2n) is 9.16. The van der Waals surface area contributed by atoms with E-state index < -0.39 is 0 Å². The van der Waals surface area contributed by atoms with E-state index in [1.54, 1.807) is 36.3 Å². The van der Waals surface area contributed by atoms with Crippen molar-refractivity contribution in [2.75, 3.05) is 18.7 Å². The fourth-order valence-electron chi connectivity index (χ4n) is 4.28. The number of carbonyl (C=O) groups excluding carboxylic acids is 1. The highest BCUT2D eigenvalue weighted by Crippen LogP contribution is 2.36. The fraction of sp³-hybridized carbons (Fsp3) is 0.294. The third-order valence-electron chi connectivity index (χ3n) is 6.53. The third-order valence-corrected chi connectivity index (χ3v) is 7.79. The Kier molecular flexibility index (Phi) is 13.5. The van der Waals surface area contributed by atoms with Crippen LogP contribution >= 0.6 is 35.0 Å². The molecule has 3 aromatic carbocycles. The van der Waals surface area contributed by atoms with Crippen molar-refractivity contribution in [3.63, 3.8) is 0 Å². The van der Waals surface area contributed by atoms with Crippen molar-refractivity contribution in [2.24, 2.45) is 0 Å². The molecule has 0 bridgehead atoms. The first-order valence-corrected chi connectivity index (χ1v) is 16.0. The highest BCUT2D eigenvalue weighted by molar-refractivity contribution is 7.98. The average molecular weight is 627 g/mol. The van der Waals surface area contributed by atoms with E-state index in [9.17, 15) is 4.79 Å². The number of ether oxygens (including phenoxy) is 3. The van der Waals surface area contributed by atoms with Crippen LogP contribution in [0.2, 0.25) is 5.02 Å². The van der Waals surface area contributed by atoms with E-state index in [0.29, 0.717) is 41.2 Å². The van der Waals surface area contributed by atoms with Gasteiger partial charge in [-0.15, -0.1) is 23.4 Å². The van der Waals surface area contributed by atoms with Crippen molar-refractivity contribution >= 4 is 41.2 Å². The van der Waals surface area contributed by atoms with Crippen LogP contribution in [0.4, 0.5) is 0 Å². The molecule has 0 saturated carbocycles. The molecule has 0 aliphatic heterocycles. The predicted molar refractivity (Wildman–Crippen MR) is 175 cm³/mol. The zero-order valence-corrected chi connectivity index (χ0v) is 27.0. The Labute approximate surface area is 263 Å². The summed E-state index contributed by atoms with van der Waals surface area (Å²) in [5, 5.41) is 0.340. The van der Waals surface area contributed by atoms with Gasteiger partial charge in [-0.25, -0.2) is 0 Å². The maximum absolute atomic E-state index is 11.7. The Morgan fingerprint density at radius 2 is 1.57 bits per heavy atom. The lowest BCUT2D eigenvalue weighted by Gasteiger charge is -2.17. The Balaban J connectivity index is 0.00000237. The molecule has 0 saturated heterocycles. The summed E-state index contributed by atoms with van der Waals surface area (Å²) in [5.74, 6) is 2.26. The monoisotopic (exact) mass is 625 g/mol. The smallest absolute Gasteiger partial charge is 0.153 e. The topological polar surface area (TPSA) is 57.6 Å². The van der Waals surface area contributed by atoms with Crippen molar-refractivity contribution in [1.82, 2.24) is 4.98 Å². The summed E-state index contributed by atoms with van der Waals surface area (Å²) in [5.41, 5.74) is 6.65. The summed E-state index contributed by atoms with van der Waals surface area (Å²) in [6.45, 7) is 9.29. The van der Waals surface area contributed by atoms with Gasteiger partial charge in [-0.1, -0.05) is 55.8 Å². The minimum absolute atomic E-state index is 0.262. The first-order chi connectivity index (χ1) is 20.4. The number of rotatable bonds is 13. The minimum Gasteiger partial charge on any atom is -0.493 e. The number of thioether (sulfide) groups is 1. The van der Waals surface area contributed by atoms with Crippen molar-refractivity contribution in [1.29, 1.82) is 0 Å². The lowest BCUT2D eigenvalue weighted by Crippen LogP contribution is -2.03. The van der Waals surface area contributed by atoms with E-state index >= 15 is 0 Å². The molecule has 5 nitrogen and oxygen atoms in total. The quantitative estimate of drug-likeness (QED) is 0.0638. The second-order valence-corrected chi connectivity index (χ2v) is 10.8. The average Bonchev–Trinajstić information content (AvgIpc) is 3.02. The largest absolute Gasteiger partial charge is 0.493 e. The molecule has 0 fully saturated rings. The van der Waals surface area contributed by atoms with E-state index in [-0.39, 0.29) is 6.61 Å². The van der Waals surface area contributed by atoms with Gasteiger partial charge in [0.05, 0.1) is 17.2 Å². The first-order valence-electron chi connectivity index (χ1n) is 13.8. The maximum Gasteiger partial charge on any atom is 0.153 e. The molecule has 222 valence electrons. The van der Waals surface area contributed by atoms with Gasteiger partial charge in [0, 0.05) is 34.8 Å². The molecule has 1 heterocycles. The molecule has 1 aromatic heterocycles. The minimum atomic E-state index is 0.262. The number of hydrogen-bond donors (Lipinski definition) is 0. The lowest BCUT2D eigenvalue weighted by molar-refractivity contribution is 0.111. The Bertz CT molecular complexity index is 1480. The van der Waals surface area contributed by atoms with Gasteiger partial charge >= 0.3 is 0 Å². The number of nitrogens with zero attached hydrogens (tertiary/aromatic N) is 1. The summed E-state index contributed by atoms with van der Waals surface area (Å²) >= 11 is 13.9. The molecule has 8 heteroatoms. The van der Waals surface area contributed by atoms with E-state index in [2.05, 4.69) is 31.0 Å². The first kappa shape index (κ1) is 33.3. The van der Waals surface area contributed by atoms with Gasteiger partial charge in [0.25, 0.3) is 0 Å². The van der Waals surface area contributed by atoms with Crippen molar-refractivity contribution in [3.05, 3.63) is 99.8 Å². The number of carbonyl (C=O) groups is 1. The van der Waals surface area contributed by atoms with Gasteiger partial charge in [-0.2, -0.15) is 0 Å². The van der Waals surface area contributed by atoms with Gasteiger partial charge in [0.1, 0.15) is 30.5 Å². The molecule has 0 N–H and O–H groups in total. The maximum atomic E-state index is 11.7. The highest BCUT2D eigenvalue weighted by atomic mass is 35.5. The fourth-order valence-corrected chi connectivity index (χ4v) is 5.05. The van der Waals surface area contributed by atoms with Gasteiger partial charge in [-0.3, -0.25) is 9.78 Å². The van der Waals surface area contributed by atoms with Crippen LogP contribution in [0, 0.1) is 13.8 Å². The summed E-state index contributed by atoms with van der Waals surface area (Å²) in [6, 6.07) is 17.5. The Hall–Kier alpha value is -3.19. The van der Waals surface area contributed by atoms with Crippen molar-refractivity contribution < 1.29 is 19.0 Å². The number of aromatic nitrogens is 1. The molecule has 0 radical (unpaired) electrons. The van der Waals surface area contributed by atoms with Crippen LogP contribution in [0.3, 0.4) is 0 Å². The Morgan fingerprint density at radius 3 is 2.29 bits per heavy atom. The summed E-state index contributed by atoms with van der Waals surface area (Å²) in [4.78, 5) is 17.0. The lowest BCUT2D eigenvalue weighted by atomic mass is 9.93. The Morgan fingerprint density at radius 1 is 0.857 bits per heavy atom. The molecule has 42 heavy (non-hydrogen) atoms. The van der Waals surface area contributed by atoms with E-state index in [1.165, 1.54) is 0 Å². The molecular weight excluding hydrogens is 589 g/mol. The van der Waals surface area contributed by atoms with E-state index in [0.717, 1.165) is 56.7 Å². The van der Waals surface area contributed by atoms with Crippen LogP contribution in [0.5, 0.6) is 17.2 Å². The van der Waals surface area contributed by atoms with Crippen LogP contribution in [0.1, 0.15) is 52.9 Å². The zero-order valence-electron chi connectivity index (χ0n) is 24.7. The van der Waals surface area contributed by atoms with Crippen LogP contribution in [-0.2, 0) is 13.2 Å². The highest BCUT2D eigenvalue weighted by Gasteiger charge is 2.15. The molecule has 0 unspecified atom stereocenters. The number of hydrogen-bond acceptors (Lipinski definition) is 6. The van der Waals surface area contributed by atoms with Crippen LogP contribution in [-0.4, -0.2) is 30.0 Å². The molecule has 0 aliphatic rings. The molecule has 4 aromatic rings. The number of halogens is 2. The van der Waals surface area contributed by atoms with E-state index in [4.69, 9.17) is 37.4 Å². The normalized spacial score (nSPS) is 10.5. The molecular formula is C34H37Cl2NO4S. The molecule has 0 spiro atoms. The summed E-state index contributed by atoms with van der Waals surface area (Å²) in [7, 11) is 0. The van der Waals surface area contributed by atoms with Gasteiger partial charge < -0.3 is 14.2 Å². The number of alkyl halides is 1. The molecule has 0 atom stereocenters. The third kappa shape index (κ3) is 8.66. The molecule has 0 amide bonds. The zero-order chi connectivity index (χ0) is 30.5.